The second kappa shape index (κ2) is 4.73. The normalized spacial score (nSPS) is 27.5. The van der Waals surface area contributed by atoms with Crippen LogP contribution in [0.15, 0.2) is 6.33 Å². The molecule has 1 aromatic heterocycles. The minimum atomic E-state index is 0.836. The van der Waals surface area contributed by atoms with Crippen LogP contribution in [0.2, 0.25) is 0 Å². The van der Waals surface area contributed by atoms with Gasteiger partial charge in [0.25, 0.3) is 0 Å². The highest BCUT2D eigenvalue weighted by atomic mass is 32.1. The van der Waals surface area contributed by atoms with Crippen LogP contribution in [-0.2, 0) is 0 Å². The average molecular weight is 211 g/mol. The van der Waals surface area contributed by atoms with E-state index in [4.69, 9.17) is 0 Å². The van der Waals surface area contributed by atoms with Crippen molar-refractivity contribution in [1.82, 2.24) is 9.36 Å². The lowest BCUT2D eigenvalue weighted by Crippen LogP contribution is -2.20. The average Bonchev–Trinajstić information content (AvgIpc) is 2.67. The molecular weight excluding hydrogens is 194 g/mol. The Bertz CT molecular complexity index is 260. The molecule has 3 nitrogen and oxygen atoms in total. The summed E-state index contributed by atoms with van der Waals surface area (Å²) in [4.78, 5) is 4.12. The van der Waals surface area contributed by atoms with E-state index in [0.29, 0.717) is 0 Å². The molecule has 1 fully saturated rings. The molecule has 0 spiro atoms. The van der Waals surface area contributed by atoms with Crippen LogP contribution in [0.4, 0.5) is 5.13 Å². The molecule has 0 bridgehead atoms. The molecule has 0 aliphatic heterocycles. The Morgan fingerprint density at radius 1 is 1.57 bits per heavy atom. The Morgan fingerprint density at radius 2 is 2.50 bits per heavy atom. The minimum absolute atomic E-state index is 0.836. The molecular formula is C10H17N3S. The molecule has 4 heteroatoms. The van der Waals surface area contributed by atoms with Gasteiger partial charge in [-0.15, -0.1) is 0 Å². The van der Waals surface area contributed by atoms with Crippen molar-refractivity contribution < 1.29 is 0 Å². The fourth-order valence-electron chi connectivity index (χ4n) is 2.23. The first kappa shape index (κ1) is 9.90. The van der Waals surface area contributed by atoms with E-state index >= 15 is 0 Å². The van der Waals surface area contributed by atoms with Crippen molar-refractivity contribution in [2.75, 3.05) is 11.9 Å². The van der Waals surface area contributed by atoms with E-state index in [0.717, 1.165) is 23.5 Å². The van der Waals surface area contributed by atoms with Crippen LogP contribution in [0.1, 0.15) is 32.6 Å². The zero-order valence-corrected chi connectivity index (χ0v) is 9.39. The molecule has 78 valence electrons. The Labute approximate surface area is 89.1 Å². The number of nitrogens with one attached hydrogen (secondary N) is 1. The van der Waals surface area contributed by atoms with Gasteiger partial charge in [-0.05, 0) is 24.7 Å². The molecule has 1 N–H and O–H groups in total. The van der Waals surface area contributed by atoms with Crippen LogP contribution in [0.3, 0.4) is 0 Å². The highest BCUT2D eigenvalue weighted by Crippen LogP contribution is 2.28. The third kappa shape index (κ3) is 2.67. The summed E-state index contributed by atoms with van der Waals surface area (Å²) in [7, 11) is 0. The molecule has 1 aromatic rings. The van der Waals surface area contributed by atoms with E-state index in [-0.39, 0.29) is 0 Å². The zero-order valence-electron chi connectivity index (χ0n) is 8.57. The molecule has 0 radical (unpaired) electrons. The van der Waals surface area contributed by atoms with E-state index in [1.165, 1.54) is 37.2 Å². The van der Waals surface area contributed by atoms with E-state index in [2.05, 4.69) is 21.6 Å². The monoisotopic (exact) mass is 211 g/mol. The fourth-order valence-corrected chi connectivity index (χ4v) is 2.66. The van der Waals surface area contributed by atoms with Crippen LogP contribution >= 0.6 is 11.5 Å². The number of anilines is 1. The molecule has 0 saturated heterocycles. The van der Waals surface area contributed by atoms with Gasteiger partial charge in [-0.3, -0.25) is 0 Å². The lowest BCUT2D eigenvalue weighted by atomic mass is 9.82. The van der Waals surface area contributed by atoms with Gasteiger partial charge in [0.05, 0.1) is 0 Å². The van der Waals surface area contributed by atoms with Crippen molar-refractivity contribution in [2.45, 2.75) is 32.6 Å². The summed E-state index contributed by atoms with van der Waals surface area (Å²) >= 11 is 1.44. The molecule has 1 heterocycles. The summed E-state index contributed by atoms with van der Waals surface area (Å²) in [5, 5.41) is 4.32. The first-order chi connectivity index (χ1) is 6.84. The zero-order chi connectivity index (χ0) is 9.80. The molecule has 1 saturated carbocycles. The number of nitrogens with zero attached hydrogens (tertiary/aromatic N) is 2. The van der Waals surface area contributed by atoms with Crippen LogP contribution in [-0.4, -0.2) is 15.9 Å². The van der Waals surface area contributed by atoms with E-state index in [9.17, 15) is 0 Å². The van der Waals surface area contributed by atoms with Gasteiger partial charge in [-0.1, -0.05) is 19.8 Å². The van der Waals surface area contributed by atoms with Crippen molar-refractivity contribution in [2.24, 2.45) is 11.8 Å². The molecule has 14 heavy (non-hydrogen) atoms. The van der Waals surface area contributed by atoms with Gasteiger partial charge >= 0.3 is 0 Å². The van der Waals surface area contributed by atoms with Crippen LogP contribution in [0, 0.1) is 11.8 Å². The fraction of sp³-hybridized carbons (Fsp3) is 0.800. The maximum absolute atomic E-state index is 4.12. The minimum Gasteiger partial charge on any atom is -0.360 e. The molecule has 2 atom stereocenters. The Hall–Kier alpha value is -0.640. The second-order valence-corrected chi connectivity index (χ2v) is 5.05. The van der Waals surface area contributed by atoms with Crippen LogP contribution < -0.4 is 5.32 Å². The van der Waals surface area contributed by atoms with E-state index in [1.54, 1.807) is 6.33 Å². The topological polar surface area (TPSA) is 37.8 Å². The lowest BCUT2D eigenvalue weighted by molar-refractivity contribution is 0.293. The second-order valence-electron chi connectivity index (χ2n) is 4.27. The third-order valence-electron chi connectivity index (χ3n) is 2.95. The summed E-state index contributed by atoms with van der Waals surface area (Å²) in [5.74, 6) is 1.74. The number of hydrogen-bond acceptors (Lipinski definition) is 4. The van der Waals surface area contributed by atoms with Gasteiger partial charge in [-0.2, -0.15) is 4.37 Å². The van der Waals surface area contributed by atoms with Gasteiger partial charge in [-0.25, -0.2) is 4.98 Å². The molecule has 1 aliphatic rings. The smallest absolute Gasteiger partial charge is 0.202 e. The third-order valence-corrected chi connectivity index (χ3v) is 3.57. The standard InChI is InChI=1S/C10H17N3S/c1-8-3-2-4-9(5-8)6-11-10-12-7-13-14-10/h7-9H,2-6H2,1H3,(H,11,12,13). The van der Waals surface area contributed by atoms with Crippen molar-refractivity contribution in [3.8, 4) is 0 Å². The van der Waals surface area contributed by atoms with Crippen molar-refractivity contribution in [1.29, 1.82) is 0 Å². The summed E-state index contributed by atoms with van der Waals surface area (Å²) < 4.78 is 3.97. The van der Waals surface area contributed by atoms with Crippen LogP contribution in [0.5, 0.6) is 0 Å². The van der Waals surface area contributed by atoms with E-state index in [1.807, 2.05) is 0 Å². The van der Waals surface area contributed by atoms with Crippen LogP contribution in [0.25, 0.3) is 0 Å². The molecule has 2 rings (SSSR count). The lowest BCUT2D eigenvalue weighted by Gasteiger charge is -2.26. The predicted molar refractivity (Wildman–Crippen MR) is 59.5 cm³/mol. The highest BCUT2D eigenvalue weighted by molar-refractivity contribution is 7.09. The molecule has 0 aromatic carbocycles. The van der Waals surface area contributed by atoms with Crippen molar-refractivity contribution >= 4 is 16.7 Å². The number of rotatable bonds is 3. The largest absolute Gasteiger partial charge is 0.360 e. The summed E-state index contributed by atoms with van der Waals surface area (Å²) in [6.07, 6.45) is 7.15. The first-order valence-corrected chi connectivity index (χ1v) is 6.12. The Kier molecular flexibility index (Phi) is 3.35. The van der Waals surface area contributed by atoms with E-state index < -0.39 is 0 Å². The Balaban J connectivity index is 1.75. The summed E-state index contributed by atoms with van der Waals surface area (Å²) in [6, 6.07) is 0. The van der Waals surface area contributed by atoms with Gasteiger partial charge in [0.2, 0.25) is 5.13 Å². The summed E-state index contributed by atoms with van der Waals surface area (Å²) in [6.45, 7) is 3.43. The molecule has 2 unspecified atom stereocenters. The number of aromatic nitrogens is 2. The van der Waals surface area contributed by atoms with Gasteiger partial charge < -0.3 is 5.32 Å². The van der Waals surface area contributed by atoms with Gasteiger partial charge in [0.15, 0.2) is 0 Å². The van der Waals surface area contributed by atoms with Gasteiger partial charge in [0, 0.05) is 18.1 Å². The first-order valence-electron chi connectivity index (χ1n) is 5.35. The van der Waals surface area contributed by atoms with Gasteiger partial charge in [0.1, 0.15) is 6.33 Å². The maximum atomic E-state index is 4.12. The van der Waals surface area contributed by atoms with Crippen molar-refractivity contribution in [3.05, 3.63) is 6.33 Å². The SMILES string of the molecule is CC1CCCC(CNc2ncns2)C1. The highest BCUT2D eigenvalue weighted by Gasteiger charge is 2.18. The predicted octanol–water partition coefficient (Wildman–Crippen LogP) is 2.78. The van der Waals surface area contributed by atoms with Crippen molar-refractivity contribution in [3.63, 3.8) is 0 Å². The molecule has 0 amide bonds. The quantitative estimate of drug-likeness (QED) is 0.835. The number of hydrogen-bond donors (Lipinski definition) is 1. The maximum Gasteiger partial charge on any atom is 0.202 e. The summed E-state index contributed by atoms with van der Waals surface area (Å²) in [5.41, 5.74) is 0. The Morgan fingerprint density at radius 3 is 3.21 bits per heavy atom. The molecule has 1 aliphatic carbocycles.